The van der Waals surface area contributed by atoms with E-state index in [9.17, 15) is 18.4 Å². The van der Waals surface area contributed by atoms with E-state index in [0.29, 0.717) is 0 Å². The summed E-state index contributed by atoms with van der Waals surface area (Å²) < 4.78 is 31.5. The van der Waals surface area contributed by atoms with Gasteiger partial charge in [-0.15, -0.1) is 0 Å². The van der Waals surface area contributed by atoms with E-state index < -0.39 is 35.8 Å². The Morgan fingerprint density at radius 1 is 1.05 bits per heavy atom. The van der Waals surface area contributed by atoms with Gasteiger partial charge in [-0.2, -0.15) is 0 Å². The summed E-state index contributed by atoms with van der Waals surface area (Å²) in [5.74, 6) is -3.33. The third-order valence-corrected chi connectivity index (χ3v) is 2.85. The van der Waals surface area contributed by atoms with Crippen molar-refractivity contribution in [2.45, 2.75) is 6.92 Å². The summed E-state index contributed by atoms with van der Waals surface area (Å²) in [4.78, 5) is 23.3. The van der Waals surface area contributed by atoms with E-state index in [0.717, 1.165) is 17.7 Å². The molecule has 0 heterocycles. The molecule has 0 bridgehead atoms. The molecule has 0 aliphatic carbocycles. The molecule has 1 amide bonds. The van der Waals surface area contributed by atoms with E-state index in [1.807, 2.05) is 12.2 Å². The third kappa shape index (κ3) is 3.88. The first-order valence-corrected chi connectivity index (χ1v) is 6.45. The maximum Gasteiger partial charge on any atom is 0.338 e. The number of benzene rings is 2. The topological polar surface area (TPSA) is 55.4 Å². The van der Waals surface area contributed by atoms with Crippen LogP contribution in [0.25, 0.3) is 0 Å². The molecule has 0 atom stereocenters. The number of aryl methyl sites for hydroxylation is 1. The fraction of sp³-hybridized carbons (Fsp3) is 0.125. The minimum atomic E-state index is -0.904. The number of para-hydroxylation sites is 1. The lowest BCUT2D eigenvalue weighted by atomic mass is 10.1. The highest BCUT2D eigenvalue weighted by Gasteiger charge is 2.14. The molecular weight excluding hydrogens is 292 g/mol. The third-order valence-electron chi connectivity index (χ3n) is 2.85. The number of hydrogen-bond acceptors (Lipinski definition) is 3. The molecule has 22 heavy (non-hydrogen) atoms. The highest BCUT2D eigenvalue weighted by atomic mass is 19.1. The second-order valence-electron chi connectivity index (χ2n) is 4.59. The second-order valence-corrected chi connectivity index (χ2v) is 4.59. The van der Waals surface area contributed by atoms with Gasteiger partial charge in [0.15, 0.2) is 6.61 Å². The summed E-state index contributed by atoms with van der Waals surface area (Å²) >= 11 is 0. The fourth-order valence-electron chi connectivity index (χ4n) is 1.70. The van der Waals surface area contributed by atoms with Gasteiger partial charge in [-0.25, -0.2) is 13.6 Å². The smallest absolute Gasteiger partial charge is 0.338 e. The first-order valence-electron chi connectivity index (χ1n) is 6.45. The van der Waals surface area contributed by atoms with Crippen LogP contribution in [0.15, 0.2) is 42.5 Å². The number of ether oxygens (including phenoxy) is 1. The standard InChI is InChI=1S/C16H13F2NO3/c1-10-5-7-11(8-6-10)16(21)22-9-14(20)19-15-12(17)3-2-4-13(15)18/h2-8H,9H2,1H3,(H,19,20). The Labute approximate surface area is 125 Å². The van der Waals surface area contributed by atoms with Gasteiger partial charge in [-0.3, -0.25) is 4.79 Å². The van der Waals surface area contributed by atoms with Crippen molar-refractivity contribution in [1.82, 2.24) is 0 Å². The van der Waals surface area contributed by atoms with E-state index in [1.54, 1.807) is 24.3 Å². The number of nitrogens with one attached hydrogen (secondary N) is 1. The molecule has 4 nitrogen and oxygen atoms in total. The number of amides is 1. The van der Waals surface area contributed by atoms with Gasteiger partial charge in [0.05, 0.1) is 5.56 Å². The van der Waals surface area contributed by atoms with Crippen molar-refractivity contribution in [1.29, 1.82) is 0 Å². The first-order chi connectivity index (χ1) is 10.5. The molecule has 114 valence electrons. The molecule has 2 aromatic carbocycles. The molecular formula is C16H13F2NO3. The van der Waals surface area contributed by atoms with Crippen molar-refractivity contribution in [2.75, 3.05) is 11.9 Å². The van der Waals surface area contributed by atoms with Gasteiger partial charge in [0.2, 0.25) is 0 Å². The second kappa shape index (κ2) is 6.80. The lowest BCUT2D eigenvalue weighted by molar-refractivity contribution is -0.119. The number of esters is 1. The van der Waals surface area contributed by atoms with E-state index >= 15 is 0 Å². The number of anilines is 1. The first kappa shape index (κ1) is 15.6. The number of carbonyl (C=O) groups is 2. The Hall–Kier alpha value is -2.76. The average molecular weight is 305 g/mol. The minimum Gasteiger partial charge on any atom is -0.452 e. The largest absolute Gasteiger partial charge is 0.452 e. The Morgan fingerprint density at radius 2 is 1.64 bits per heavy atom. The maximum absolute atomic E-state index is 13.3. The van der Waals surface area contributed by atoms with Crippen LogP contribution in [0.5, 0.6) is 0 Å². The van der Waals surface area contributed by atoms with Crippen LogP contribution >= 0.6 is 0 Å². The maximum atomic E-state index is 13.3. The molecule has 6 heteroatoms. The monoisotopic (exact) mass is 305 g/mol. The normalized spacial score (nSPS) is 10.1. The van der Waals surface area contributed by atoms with Gasteiger partial charge in [-0.05, 0) is 31.2 Å². The lowest BCUT2D eigenvalue weighted by Gasteiger charge is -2.08. The zero-order valence-corrected chi connectivity index (χ0v) is 11.7. The molecule has 0 radical (unpaired) electrons. The van der Waals surface area contributed by atoms with Crippen molar-refractivity contribution >= 4 is 17.6 Å². The van der Waals surface area contributed by atoms with Crippen LogP contribution in [0.4, 0.5) is 14.5 Å². The Bertz CT molecular complexity index is 679. The van der Waals surface area contributed by atoms with Crippen molar-refractivity contribution in [3.05, 3.63) is 65.2 Å². The average Bonchev–Trinajstić information content (AvgIpc) is 2.49. The predicted octanol–water partition coefficient (Wildman–Crippen LogP) is 3.07. The van der Waals surface area contributed by atoms with Crippen LogP contribution in [0.1, 0.15) is 15.9 Å². The van der Waals surface area contributed by atoms with E-state index in [-0.39, 0.29) is 5.56 Å². The van der Waals surface area contributed by atoms with Gasteiger partial charge < -0.3 is 10.1 Å². The molecule has 0 saturated carbocycles. The summed E-state index contributed by atoms with van der Waals surface area (Å²) in [6, 6.07) is 9.78. The summed E-state index contributed by atoms with van der Waals surface area (Å²) in [6.45, 7) is 1.23. The van der Waals surface area contributed by atoms with Crippen molar-refractivity contribution < 1.29 is 23.1 Å². The van der Waals surface area contributed by atoms with Crippen LogP contribution in [0, 0.1) is 18.6 Å². The molecule has 0 aromatic heterocycles. The Balaban J connectivity index is 1.93. The van der Waals surface area contributed by atoms with Gasteiger partial charge in [-0.1, -0.05) is 23.8 Å². The van der Waals surface area contributed by atoms with Crippen LogP contribution in [-0.2, 0) is 9.53 Å². The SMILES string of the molecule is Cc1ccc(C(=O)OCC(=O)Nc2c(F)cccc2F)cc1. The zero-order chi connectivity index (χ0) is 16.1. The number of rotatable bonds is 4. The van der Waals surface area contributed by atoms with Crippen molar-refractivity contribution in [3.8, 4) is 0 Å². The molecule has 2 rings (SSSR count). The summed E-state index contributed by atoms with van der Waals surface area (Å²) in [5.41, 5.74) is 0.693. The molecule has 0 saturated heterocycles. The molecule has 1 N–H and O–H groups in total. The fourth-order valence-corrected chi connectivity index (χ4v) is 1.70. The molecule has 0 unspecified atom stereocenters. The number of hydrogen-bond donors (Lipinski definition) is 1. The molecule has 0 aliphatic heterocycles. The quantitative estimate of drug-likeness (QED) is 0.883. The minimum absolute atomic E-state index is 0.287. The molecule has 0 aliphatic rings. The molecule has 0 fully saturated rings. The Morgan fingerprint density at radius 3 is 2.23 bits per heavy atom. The van der Waals surface area contributed by atoms with Crippen LogP contribution in [0.2, 0.25) is 0 Å². The van der Waals surface area contributed by atoms with Crippen LogP contribution in [-0.4, -0.2) is 18.5 Å². The number of carbonyl (C=O) groups excluding carboxylic acids is 2. The molecule has 2 aromatic rings. The zero-order valence-electron chi connectivity index (χ0n) is 11.7. The van der Waals surface area contributed by atoms with Crippen molar-refractivity contribution in [2.24, 2.45) is 0 Å². The summed E-state index contributed by atoms with van der Waals surface area (Å²) in [7, 11) is 0. The van der Waals surface area contributed by atoms with Crippen molar-refractivity contribution in [3.63, 3.8) is 0 Å². The highest BCUT2D eigenvalue weighted by Crippen LogP contribution is 2.17. The molecule has 0 spiro atoms. The van der Waals surface area contributed by atoms with Gasteiger partial charge in [0.25, 0.3) is 5.91 Å². The summed E-state index contributed by atoms with van der Waals surface area (Å²) in [6.07, 6.45) is 0. The predicted molar refractivity (Wildman–Crippen MR) is 76.4 cm³/mol. The van der Waals surface area contributed by atoms with Gasteiger partial charge in [0.1, 0.15) is 17.3 Å². The van der Waals surface area contributed by atoms with Gasteiger partial charge in [0, 0.05) is 0 Å². The van der Waals surface area contributed by atoms with Crippen LogP contribution < -0.4 is 5.32 Å². The van der Waals surface area contributed by atoms with Gasteiger partial charge >= 0.3 is 5.97 Å². The van der Waals surface area contributed by atoms with E-state index in [4.69, 9.17) is 4.74 Å². The van der Waals surface area contributed by atoms with Crippen LogP contribution in [0.3, 0.4) is 0 Å². The van der Waals surface area contributed by atoms with E-state index in [2.05, 4.69) is 0 Å². The van der Waals surface area contributed by atoms with E-state index in [1.165, 1.54) is 6.07 Å². The number of halogens is 2. The summed E-state index contributed by atoms with van der Waals surface area (Å²) in [5, 5.41) is 2.03. The Kier molecular flexibility index (Phi) is 4.83. The highest BCUT2D eigenvalue weighted by molar-refractivity contribution is 5.95. The lowest BCUT2D eigenvalue weighted by Crippen LogP contribution is -2.22.